The Balaban J connectivity index is 2.22. The first-order valence-electron chi connectivity index (χ1n) is 4.09. The van der Waals surface area contributed by atoms with Crippen LogP contribution in [0.3, 0.4) is 0 Å². The summed E-state index contributed by atoms with van der Waals surface area (Å²) in [6, 6.07) is 0.285. The van der Waals surface area contributed by atoms with Crippen LogP contribution in [0.4, 0.5) is 0 Å². The molecule has 0 saturated carbocycles. The van der Waals surface area contributed by atoms with E-state index in [1.807, 2.05) is 17.8 Å². The molecule has 1 N–H and O–H groups in total. The van der Waals surface area contributed by atoms with Gasteiger partial charge < -0.3 is 5.32 Å². The van der Waals surface area contributed by atoms with E-state index in [4.69, 9.17) is 0 Å². The Morgan fingerprint density at radius 1 is 1.77 bits per heavy atom. The minimum atomic E-state index is -0.724. The summed E-state index contributed by atoms with van der Waals surface area (Å²) < 4.78 is 10.9. The van der Waals surface area contributed by atoms with Gasteiger partial charge in [0.1, 0.15) is 0 Å². The van der Waals surface area contributed by atoms with Gasteiger partial charge in [-0.3, -0.25) is 4.21 Å². The van der Waals surface area contributed by atoms with Gasteiger partial charge >= 0.3 is 0 Å². The van der Waals surface area contributed by atoms with E-state index >= 15 is 0 Å². The number of nitrogens with one attached hydrogen (secondary N) is 1. The summed E-state index contributed by atoms with van der Waals surface area (Å²) in [6.45, 7) is 2.80. The molecule has 13 heavy (non-hydrogen) atoms. The fourth-order valence-electron chi connectivity index (χ4n) is 1.01. The highest BCUT2D eigenvalue weighted by Crippen LogP contribution is 2.00. The SMILES string of the molecule is CC(CS(C)=O)NCc1cscn1. The van der Waals surface area contributed by atoms with Crippen LogP contribution in [0.2, 0.25) is 0 Å². The maximum atomic E-state index is 10.9. The van der Waals surface area contributed by atoms with Crippen LogP contribution < -0.4 is 5.32 Å². The Kier molecular flexibility index (Phi) is 4.55. The first-order valence-corrected chi connectivity index (χ1v) is 6.76. The molecule has 2 atom stereocenters. The second-order valence-corrected chi connectivity index (χ2v) is 5.20. The molecule has 1 heterocycles. The van der Waals surface area contributed by atoms with Crippen molar-refractivity contribution in [2.45, 2.75) is 19.5 Å². The zero-order valence-corrected chi connectivity index (χ0v) is 9.45. The van der Waals surface area contributed by atoms with Crippen LogP contribution in [-0.2, 0) is 17.3 Å². The van der Waals surface area contributed by atoms with Gasteiger partial charge in [-0.05, 0) is 6.92 Å². The van der Waals surface area contributed by atoms with Gasteiger partial charge in [-0.15, -0.1) is 11.3 Å². The van der Waals surface area contributed by atoms with Crippen LogP contribution in [0.5, 0.6) is 0 Å². The number of hydrogen-bond donors (Lipinski definition) is 1. The molecule has 0 aromatic carbocycles. The predicted octanol–water partition coefficient (Wildman–Crippen LogP) is 1.000. The standard InChI is InChI=1S/C8H14N2OS2/c1-7(5-13(2)11)9-3-8-4-12-6-10-8/h4,6-7,9H,3,5H2,1-2H3. The lowest BCUT2D eigenvalue weighted by Gasteiger charge is -2.10. The number of thiazole rings is 1. The number of nitrogens with zero attached hydrogens (tertiary/aromatic N) is 1. The summed E-state index contributed by atoms with van der Waals surface area (Å²) >= 11 is 1.59. The fourth-order valence-corrected chi connectivity index (χ4v) is 2.39. The largest absolute Gasteiger partial charge is 0.308 e. The molecular weight excluding hydrogens is 204 g/mol. The van der Waals surface area contributed by atoms with Crippen molar-refractivity contribution in [1.29, 1.82) is 0 Å². The predicted molar refractivity (Wildman–Crippen MR) is 57.3 cm³/mol. The second kappa shape index (κ2) is 5.47. The van der Waals surface area contributed by atoms with Crippen molar-refractivity contribution in [3.8, 4) is 0 Å². The van der Waals surface area contributed by atoms with E-state index in [0.717, 1.165) is 12.2 Å². The summed E-state index contributed by atoms with van der Waals surface area (Å²) in [4.78, 5) is 4.15. The average molecular weight is 218 g/mol. The molecule has 0 radical (unpaired) electrons. The molecule has 0 fully saturated rings. The van der Waals surface area contributed by atoms with Crippen molar-refractivity contribution in [1.82, 2.24) is 10.3 Å². The normalized spacial score (nSPS) is 15.5. The van der Waals surface area contributed by atoms with Gasteiger partial charge in [0, 0.05) is 40.8 Å². The van der Waals surface area contributed by atoms with E-state index in [1.54, 1.807) is 17.6 Å². The topological polar surface area (TPSA) is 42.0 Å². The molecule has 0 amide bonds. The summed E-state index contributed by atoms with van der Waals surface area (Å²) in [6.07, 6.45) is 1.72. The van der Waals surface area contributed by atoms with Crippen molar-refractivity contribution in [3.63, 3.8) is 0 Å². The third-order valence-corrected chi connectivity index (χ3v) is 3.20. The Labute approximate surface area is 85.0 Å². The first-order chi connectivity index (χ1) is 6.18. The molecule has 1 aromatic heterocycles. The Bertz CT molecular complexity index is 261. The quantitative estimate of drug-likeness (QED) is 0.801. The number of hydrogen-bond acceptors (Lipinski definition) is 4. The van der Waals surface area contributed by atoms with Crippen molar-refractivity contribution in [2.24, 2.45) is 0 Å². The van der Waals surface area contributed by atoms with E-state index < -0.39 is 10.8 Å². The molecule has 3 nitrogen and oxygen atoms in total. The highest BCUT2D eigenvalue weighted by molar-refractivity contribution is 7.84. The highest BCUT2D eigenvalue weighted by Gasteiger charge is 2.03. The third kappa shape index (κ3) is 4.50. The Morgan fingerprint density at radius 2 is 2.54 bits per heavy atom. The zero-order chi connectivity index (χ0) is 9.68. The molecule has 1 aromatic rings. The monoisotopic (exact) mass is 218 g/mol. The van der Waals surface area contributed by atoms with E-state index in [1.165, 1.54) is 0 Å². The van der Waals surface area contributed by atoms with Crippen LogP contribution in [0, 0.1) is 0 Å². The van der Waals surface area contributed by atoms with E-state index in [-0.39, 0.29) is 6.04 Å². The summed E-state index contributed by atoms with van der Waals surface area (Å²) in [7, 11) is -0.724. The van der Waals surface area contributed by atoms with E-state index in [2.05, 4.69) is 10.3 Å². The molecule has 2 unspecified atom stereocenters. The van der Waals surface area contributed by atoms with E-state index in [0.29, 0.717) is 5.75 Å². The van der Waals surface area contributed by atoms with Crippen LogP contribution in [0.15, 0.2) is 10.9 Å². The van der Waals surface area contributed by atoms with Gasteiger partial charge in [-0.2, -0.15) is 0 Å². The van der Waals surface area contributed by atoms with Crippen molar-refractivity contribution < 1.29 is 4.21 Å². The fraction of sp³-hybridized carbons (Fsp3) is 0.625. The lowest BCUT2D eigenvalue weighted by Crippen LogP contribution is -2.30. The van der Waals surface area contributed by atoms with Gasteiger partial charge in [-0.25, -0.2) is 4.98 Å². The minimum Gasteiger partial charge on any atom is -0.308 e. The molecule has 0 aliphatic rings. The molecular formula is C8H14N2OS2. The molecule has 1 rings (SSSR count). The van der Waals surface area contributed by atoms with Gasteiger partial charge in [0.15, 0.2) is 0 Å². The van der Waals surface area contributed by atoms with Crippen LogP contribution in [0.1, 0.15) is 12.6 Å². The molecule has 0 bridgehead atoms. The zero-order valence-electron chi connectivity index (χ0n) is 7.82. The molecule has 0 spiro atoms. The number of rotatable bonds is 5. The van der Waals surface area contributed by atoms with Crippen LogP contribution in [-0.4, -0.2) is 27.2 Å². The lowest BCUT2D eigenvalue weighted by atomic mass is 10.3. The summed E-state index contributed by atoms with van der Waals surface area (Å²) in [5.41, 5.74) is 2.87. The van der Waals surface area contributed by atoms with Crippen LogP contribution in [0.25, 0.3) is 0 Å². The summed E-state index contributed by atoms with van der Waals surface area (Å²) in [5, 5.41) is 5.28. The third-order valence-electron chi connectivity index (χ3n) is 1.60. The molecule has 0 saturated heterocycles. The van der Waals surface area contributed by atoms with Gasteiger partial charge in [0.25, 0.3) is 0 Å². The van der Waals surface area contributed by atoms with Crippen molar-refractivity contribution in [3.05, 3.63) is 16.6 Å². The van der Waals surface area contributed by atoms with Crippen LogP contribution >= 0.6 is 11.3 Å². The molecule has 0 aliphatic heterocycles. The average Bonchev–Trinajstić information content (AvgIpc) is 2.51. The maximum absolute atomic E-state index is 10.9. The highest BCUT2D eigenvalue weighted by atomic mass is 32.2. The number of aromatic nitrogens is 1. The van der Waals surface area contributed by atoms with Crippen molar-refractivity contribution >= 4 is 22.1 Å². The Morgan fingerprint density at radius 3 is 3.08 bits per heavy atom. The van der Waals surface area contributed by atoms with Gasteiger partial charge in [0.2, 0.25) is 0 Å². The lowest BCUT2D eigenvalue weighted by molar-refractivity contribution is 0.582. The molecule has 0 aliphatic carbocycles. The molecule has 5 heteroatoms. The van der Waals surface area contributed by atoms with Gasteiger partial charge in [0.05, 0.1) is 11.2 Å². The van der Waals surface area contributed by atoms with E-state index in [9.17, 15) is 4.21 Å². The smallest absolute Gasteiger partial charge is 0.0795 e. The first kappa shape index (κ1) is 10.8. The summed E-state index contributed by atoms with van der Waals surface area (Å²) in [5.74, 6) is 0.699. The second-order valence-electron chi connectivity index (χ2n) is 3.00. The molecule has 74 valence electrons. The Hall–Kier alpha value is -0.260. The maximum Gasteiger partial charge on any atom is 0.0795 e. The van der Waals surface area contributed by atoms with Gasteiger partial charge in [-0.1, -0.05) is 0 Å². The van der Waals surface area contributed by atoms with Crippen molar-refractivity contribution in [2.75, 3.05) is 12.0 Å². The minimum absolute atomic E-state index is 0.285.